The molecule has 0 saturated carbocycles. The molecule has 0 bridgehead atoms. The maximum Gasteiger partial charge on any atom is 0.234 e. The highest BCUT2D eigenvalue weighted by Gasteiger charge is 2.35. The maximum absolute atomic E-state index is 11.9. The van der Waals surface area contributed by atoms with E-state index in [0.717, 1.165) is 29.5 Å². The van der Waals surface area contributed by atoms with E-state index in [-0.39, 0.29) is 10.8 Å². The number of hydrogen-bond acceptors (Lipinski definition) is 7. The van der Waals surface area contributed by atoms with Crippen molar-refractivity contribution in [2.45, 2.75) is 10.9 Å². The van der Waals surface area contributed by atoms with Crippen molar-refractivity contribution in [3.05, 3.63) is 18.2 Å². The van der Waals surface area contributed by atoms with Gasteiger partial charge < -0.3 is 10.2 Å². The lowest BCUT2D eigenvalue weighted by molar-refractivity contribution is -0.125. The monoisotopic (exact) mass is 366 g/mol. The Bertz CT molecular complexity index is 903. The summed E-state index contributed by atoms with van der Waals surface area (Å²) in [4.78, 5) is 20.7. The highest BCUT2D eigenvalue weighted by molar-refractivity contribution is 7.91. The second kappa shape index (κ2) is 5.68. The van der Waals surface area contributed by atoms with Crippen molar-refractivity contribution in [2.24, 2.45) is 0 Å². The average molecular weight is 366 g/mol. The SMILES string of the molecule is CS(=O)(=O)c1cccc2sc(N3CC(N4CCNC(=O)C4)C3)nc12. The number of sulfone groups is 1. The molecule has 1 amide bonds. The Kier molecular flexibility index (Phi) is 3.74. The molecule has 2 aliphatic heterocycles. The van der Waals surface area contributed by atoms with E-state index in [2.05, 4.69) is 20.1 Å². The summed E-state index contributed by atoms with van der Waals surface area (Å²) < 4.78 is 24.7. The van der Waals surface area contributed by atoms with Crippen LogP contribution in [0.3, 0.4) is 0 Å². The molecule has 9 heteroatoms. The van der Waals surface area contributed by atoms with Gasteiger partial charge in [-0.2, -0.15) is 0 Å². The molecule has 0 spiro atoms. The number of para-hydroxylation sites is 1. The Morgan fingerprint density at radius 1 is 1.33 bits per heavy atom. The van der Waals surface area contributed by atoms with Crippen LogP contribution in [-0.4, -0.2) is 69.2 Å². The second-order valence-corrected chi connectivity index (χ2v) is 9.24. The van der Waals surface area contributed by atoms with Gasteiger partial charge in [-0.3, -0.25) is 9.69 Å². The highest BCUT2D eigenvalue weighted by Crippen LogP contribution is 2.35. The van der Waals surface area contributed by atoms with Crippen LogP contribution < -0.4 is 10.2 Å². The van der Waals surface area contributed by atoms with E-state index >= 15 is 0 Å². The smallest absolute Gasteiger partial charge is 0.234 e. The molecule has 2 aliphatic rings. The zero-order valence-corrected chi connectivity index (χ0v) is 14.9. The van der Waals surface area contributed by atoms with Crippen molar-refractivity contribution in [3.8, 4) is 0 Å². The van der Waals surface area contributed by atoms with Gasteiger partial charge in [-0.05, 0) is 12.1 Å². The third kappa shape index (κ3) is 2.76. The van der Waals surface area contributed by atoms with Gasteiger partial charge in [0.05, 0.1) is 16.1 Å². The van der Waals surface area contributed by atoms with Crippen LogP contribution in [0.15, 0.2) is 23.1 Å². The molecule has 0 radical (unpaired) electrons. The minimum absolute atomic E-state index is 0.0810. The molecule has 1 N–H and O–H groups in total. The Balaban J connectivity index is 1.53. The van der Waals surface area contributed by atoms with Crippen LogP contribution in [0.5, 0.6) is 0 Å². The van der Waals surface area contributed by atoms with Gasteiger partial charge in [0.2, 0.25) is 5.91 Å². The lowest BCUT2D eigenvalue weighted by Crippen LogP contribution is -2.63. The number of anilines is 1. The predicted molar refractivity (Wildman–Crippen MR) is 93.3 cm³/mol. The molecule has 0 atom stereocenters. The number of fused-ring (bicyclic) bond motifs is 1. The number of carbonyl (C=O) groups is 1. The molecule has 24 heavy (non-hydrogen) atoms. The Morgan fingerprint density at radius 3 is 2.83 bits per heavy atom. The van der Waals surface area contributed by atoms with Gasteiger partial charge in [0.1, 0.15) is 5.52 Å². The van der Waals surface area contributed by atoms with Crippen LogP contribution >= 0.6 is 11.3 Å². The summed E-state index contributed by atoms with van der Waals surface area (Å²) in [6, 6.07) is 5.62. The van der Waals surface area contributed by atoms with Crippen molar-refractivity contribution < 1.29 is 13.2 Å². The first-order valence-electron chi connectivity index (χ1n) is 7.77. The molecule has 1 aromatic heterocycles. The molecule has 2 fully saturated rings. The van der Waals surface area contributed by atoms with Gasteiger partial charge in [0.15, 0.2) is 15.0 Å². The normalized spacial score (nSPS) is 20.2. The first kappa shape index (κ1) is 15.8. The van der Waals surface area contributed by atoms with Crippen molar-refractivity contribution in [1.29, 1.82) is 0 Å². The fraction of sp³-hybridized carbons (Fsp3) is 0.467. The molecule has 1 aromatic carbocycles. The quantitative estimate of drug-likeness (QED) is 0.842. The van der Waals surface area contributed by atoms with E-state index in [4.69, 9.17) is 0 Å². The van der Waals surface area contributed by atoms with Crippen molar-refractivity contribution >= 4 is 42.4 Å². The zero-order chi connectivity index (χ0) is 16.9. The summed E-state index contributed by atoms with van der Waals surface area (Å²) in [6.45, 7) is 3.68. The summed E-state index contributed by atoms with van der Waals surface area (Å²) in [7, 11) is -3.29. The van der Waals surface area contributed by atoms with E-state index in [0.29, 0.717) is 24.6 Å². The van der Waals surface area contributed by atoms with Crippen LogP contribution in [0.2, 0.25) is 0 Å². The fourth-order valence-electron chi connectivity index (χ4n) is 3.16. The zero-order valence-electron chi connectivity index (χ0n) is 13.2. The average Bonchev–Trinajstić information content (AvgIpc) is 2.87. The molecular weight excluding hydrogens is 348 g/mol. The topological polar surface area (TPSA) is 82.6 Å². The largest absolute Gasteiger partial charge is 0.354 e. The highest BCUT2D eigenvalue weighted by atomic mass is 32.2. The molecule has 2 saturated heterocycles. The van der Waals surface area contributed by atoms with Gasteiger partial charge in [-0.25, -0.2) is 13.4 Å². The Labute approximate surface area is 144 Å². The predicted octanol–water partition coefficient (Wildman–Crippen LogP) is 0.320. The molecule has 0 aliphatic carbocycles. The summed E-state index contributed by atoms with van der Waals surface area (Å²) in [6.07, 6.45) is 1.21. The van der Waals surface area contributed by atoms with Gasteiger partial charge in [0.25, 0.3) is 0 Å². The number of amides is 1. The lowest BCUT2D eigenvalue weighted by atomic mass is 10.1. The first-order chi connectivity index (χ1) is 11.4. The van der Waals surface area contributed by atoms with Crippen molar-refractivity contribution in [1.82, 2.24) is 15.2 Å². The van der Waals surface area contributed by atoms with Gasteiger partial charge in [-0.1, -0.05) is 17.4 Å². The molecular formula is C15H18N4O3S2. The summed E-state index contributed by atoms with van der Waals surface area (Å²) in [5.41, 5.74) is 0.556. The van der Waals surface area contributed by atoms with Crippen molar-refractivity contribution in [3.63, 3.8) is 0 Å². The number of thiazole rings is 1. The Hall–Kier alpha value is -1.71. The van der Waals surface area contributed by atoms with Crippen LogP contribution in [0.25, 0.3) is 10.2 Å². The molecule has 7 nitrogen and oxygen atoms in total. The Morgan fingerprint density at radius 2 is 2.12 bits per heavy atom. The van der Waals surface area contributed by atoms with Crippen LogP contribution in [0.1, 0.15) is 0 Å². The lowest BCUT2D eigenvalue weighted by Gasteiger charge is -2.46. The van der Waals surface area contributed by atoms with Crippen LogP contribution in [0.4, 0.5) is 5.13 Å². The number of nitrogens with zero attached hydrogens (tertiary/aromatic N) is 3. The van der Waals surface area contributed by atoms with Gasteiger partial charge in [-0.15, -0.1) is 0 Å². The number of aromatic nitrogens is 1. The molecule has 0 unspecified atom stereocenters. The molecule has 3 heterocycles. The van der Waals surface area contributed by atoms with E-state index in [9.17, 15) is 13.2 Å². The molecule has 4 rings (SSSR count). The summed E-state index contributed by atoms with van der Waals surface area (Å²) >= 11 is 1.51. The molecule has 128 valence electrons. The summed E-state index contributed by atoms with van der Waals surface area (Å²) in [5.74, 6) is 0.0810. The van der Waals surface area contributed by atoms with E-state index in [1.165, 1.54) is 17.6 Å². The second-order valence-electron chi connectivity index (χ2n) is 6.25. The van der Waals surface area contributed by atoms with E-state index < -0.39 is 9.84 Å². The minimum atomic E-state index is -3.29. The van der Waals surface area contributed by atoms with E-state index in [1.54, 1.807) is 12.1 Å². The number of rotatable bonds is 3. The minimum Gasteiger partial charge on any atom is -0.354 e. The maximum atomic E-state index is 11.9. The van der Waals surface area contributed by atoms with Crippen LogP contribution in [-0.2, 0) is 14.6 Å². The van der Waals surface area contributed by atoms with E-state index in [1.807, 2.05) is 6.07 Å². The molecule has 2 aromatic rings. The number of benzene rings is 1. The van der Waals surface area contributed by atoms with Crippen molar-refractivity contribution in [2.75, 3.05) is 43.9 Å². The third-order valence-electron chi connectivity index (χ3n) is 4.49. The van der Waals surface area contributed by atoms with Gasteiger partial charge >= 0.3 is 0 Å². The first-order valence-corrected chi connectivity index (χ1v) is 10.5. The van der Waals surface area contributed by atoms with Gasteiger partial charge in [0, 0.05) is 38.5 Å². The number of carbonyl (C=O) groups excluding carboxylic acids is 1. The third-order valence-corrected chi connectivity index (χ3v) is 6.70. The number of piperazine rings is 1. The number of nitrogens with one attached hydrogen (secondary N) is 1. The fourth-order valence-corrected chi connectivity index (χ4v) is 5.07. The number of hydrogen-bond donors (Lipinski definition) is 1. The standard InChI is InChI=1S/C15H18N4O3S2/c1-24(21,22)12-4-2-3-11-14(12)17-15(23-11)19-7-10(8-19)18-6-5-16-13(20)9-18/h2-4,10H,5-9H2,1H3,(H,16,20). The summed E-state index contributed by atoms with van der Waals surface area (Å²) in [5, 5.41) is 3.68. The van der Waals surface area contributed by atoms with Crippen LogP contribution in [0, 0.1) is 0 Å².